The average Bonchev–Trinajstić information content (AvgIpc) is 3.47. The fourth-order valence-electron chi connectivity index (χ4n) is 12.0. The molecule has 0 aliphatic heterocycles. The van der Waals surface area contributed by atoms with Crippen molar-refractivity contribution < 1.29 is 0 Å². The number of anilines is 3. The molecule has 0 atom stereocenters. The van der Waals surface area contributed by atoms with E-state index in [0.717, 1.165) is 23.4 Å². The van der Waals surface area contributed by atoms with Gasteiger partial charge in [-0.1, -0.05) is 147 Å². The second-order valence-electron chi connectivity index (χ2n) is 18.0. The zero-order chi connectivity index (χ0) is 37.4. The van der Waals surface area contributed by atoms with Crippen LogP contribution in [0.5, 0.6) is 0 Å². The fraction of sp³-hybridized carbons (Fsp3) is 0.236. The molecule has 1 nitrogen and oxygen atoms in total. The van der Waals surface area contributed by atoms with Gasteiger partial charge in [-0.05, 0) is 154 Å². The third-order valence-electron chi connectivity index (χ3n) is 14.2. The molecule has 0 aromatic heterocycles. The number of hydrogen-bond donors (Lipinski definition) is 0. The van der Waals surface area contributed by atoms with Crippen LogP contribution in [0.2, 0.25) is 0 Å². The third-order valence-corrected chi connectivity index (χ3v) is 14.2. The molecular weight excluding hydrogens is 675 g/mol. The van der Waals surface area contributed by atoms with E-state index in [1.807, 2.05) is 0 Å². The second-order valence-corrected chi connectivity index (χ2v) is 18.0. The quantitative estimate of drug-likeness (QED) is 0.158. The molecule has 7 aromatic carbocycles. The molecule has 274 valence electrons. The Morgan fingerprint density at radius 1 is 0.411 bits per heavy atom. The molecule has 0 unspecified atom stereocenters. The van der Waals surface area contributed by atoms with Gasteiger partial charge in [-0.3, -0.25) is 0 Å². The Bertz CT molecular complexity index is 2540. The zero-order valence-corrected chi connectivity index (χ0v) is 32.6. The Labute approximate surface area is 332 Å². The highest BCUT2D eigenvalue weighted by molar-refractivity contribution is 5.93. The van der Waals surface area contributed by atoms with E-state index in [0.29, 0.717) is 5.41 Å². The van der Waals surface area contributed by atoms with Gasteiger partial charge in [0, 0.05) is 22.4 Å². The van der Waals surface area contributed by atoms with Crippen molar-refractivity contribution in [2.45, 2.75) is 63.2 Å². The maximum Gasteiger partial charge on any atom is 0.0540 e. The lowest BCUT2D eigenvalue weighted by Gasteiger charge is -2.57. The highest BCUT2D eigenvalue weighted by Gasteiger charge is 2.51. The fourth-order valence-corrected chi connectivity index (χ4v) is 12.0. The minimum atomic E-state index is -0.104. The van der Waals surface area contributed by atoms with Crippen LogP contribution in [0.15, 0.2) is 170 Å². The Morgan fingerprint density at radius 3 is 1.68 bits per heavy atom. The van der Waals surface area contributed by atoms with Crippen LogP contribution >= 0.6 is 0 Å². The largest absolute Gasteiger partial charge is 0.310 e. The van der Waals surface area contributed by atoms with E-state index in [2.05, 4.69) is 189 Å². The Kier molecular flexibility index (Phi) is 7.79. The summed E-state index contributed by atoms with van der Waals surface area (Å²) in [5.41, 5.74) is 18.2. The normalized spacial score (nSPS) is 22.4. The summed E-state index contributed by atoms with van der Waals surface area (Å²) in [6.45, 7) is 4.76. The molecule has 5 aliphatic rings. The lowest BCUT2D eigenvalue weighted by atomic mass is 9.48. The first-order valence-corrected chi connectivity index (χ1v) is 20.9. The van der Waals surface area contributed by atoms with Crippen molar-refractivity contribution in [3.05, 3.63) is 187 Å². The standard InChI is InChI=1S/C55H49N/c1-54(2)51-19-10-9-18-48(51)49-26-25-47(33-52(49)54)56(53-27-22-44(40-12-5-3-6-13-40)32-50(53)42-14-7-4-8-15-42)46-17-11-16-43(31-46)41-20-23-45(24-21-41)55-34-37-28-38(35-55)30-39(29-37)36-55/h3-27,31-33,37-39H,28-30,34-36H2,1-2H3. The van der Waals surface area contributed by atoms with Crippen LogP contribution < -0.4 is 4.90 Å². The predicted molar refractivity (Wildman–Crippen MR) is 235 cm³/mol. The molecule has 12 rings (SSSR count). The van der Waals surface area contributed by atoms with Crippen molar-refractivity contribution in [1.82, 2.24) is 0 Å². The summed E-state index contributed by atoms with van der Waals surface area (Å²) in [6.07, 6.45) is 8.65. The maximum atomic E-state index is 2.50. The van der Waals surface area contributed by atoms with Crippen LogP contribution in [0, 0.1) is 17.8 Å². The molecule has 0 spiro atoms. The highest BCUT2D eigenvalue weighted by atomic mass is 15.1. The van der Waals surface area contributed by atoms with Gasteiger partial charge in [0.25, 0.3) is 0 Å². The summed E-state index contributed by atoms with van der Waals surface area (Å²) in [5.74, 6) is 2.85. The zero-order valence-electron chi connectivity index (χ0n) is 32.6. The van der Waals surface area contributed by atoms with E-state index in [1.54, 1.807) is 5.56 Å². The van der Waals surface area contributed by atoms with Crippen molar-refractivity contribution in [3.8, 4) is 44.5 Å². The van der Waals surface area contributed by atoms with Gasteiger partial charge in [0.2, 0.25) is 0 Å². The van der Waals surface area contributed by atoms with Gasteiger partial charge in [-0.25, -0.2) is 0 Å². The Hall–Kier alpha value is -5.66. The molecule has 5 aliphatic carbocycles. The molecule has 4 fully saturated rings. The summed E-state index contributed by atoms with van der Waals surface area (Å²) >= 11 is 0. The molecule has 56 heavy (non-hydrogen) atoms. The first kappa shape index (κ1) is 33.7. The Balaban J connectivity index is 1.05. The van der Waals surface area contributed by atoms with E-state index in [1.165, 1.54) is 106 Å². The number of fused-ring (bicyclic) bond motifs is 3. The molecule has 0 saturated heterocycles. The van der Waals surface area contributed by atoms with Gasteiger partial charge in [0.1, 0.15) is 0 Å². The van der Waals surface area contributed by atoms with Crippen molar-refractivity contribution >= 4 is 17.1 Å². The van der Waals surface area contributed by atoms with Crippen LogP contribution in [-0.2, 0) is 10.8 Å². The summed E-state index contributed by atoms with van der Waals surface area (Å²) in [5, 5.41) is 0. The number of hydrogen-bond acceptors (Lipinski definition) is 1. The summed E-state index contributed by atoms with van der Waals surface area (Å²) in [4.78, 5) is 2.50. The third kappa shape index (κ3) is 5.50. The summed E-state index contributed by atoms with van der Waals surface area (Å²) in [7, 11) is 0. The van der Waals surface area contributed by atoms with E-state index < -0.39 is 0 Å². The molecule has 0 amide bonds. The number of benzene rings is 7. The van der Waals surface area contributed by atoms with Gasteiger partial charge in [-0.2, -0.15) is 0 Å². The molecule has 7 aromatic rings. The molecule has 0 N–H and O–H groups in total. The number of rotatable bonds is 7. The van der Waals surface area contributed by atoms with Crippen LogP contribution in [0.1, 0.15) is 69.1 Å². The average molecular weight is 724 g/mol. The van der Waals surface area contributed by atoms with Crippen LogP contribution in [0.3, 0.4) is 0 Å². The molecular formula is C55H49N. The smallest absolute Gasteiger partial charge is 0.0540 e. The molecule has 1 heteroatoms. The van der Waals surface area contributed by atoms with Crippen molar-refractivity contribution in [2.24, 2.45) is 17.8 Å². The van der Waals surface area contributed by atoms with E-state index in [4.69, 9.17) is 0 Å². The molecule has 0 radical (unpaired) electrons. The van der Waals surface area contributed by atoms with Crippen molar-refractivity contribution in [3.63, 3.8) is 0 Å². The maximum absolute atomic E-state index is 2.50. The Morgan fingerprint density at radius 2 is 0.964 bits per heavy atom. The molecule has 4 bridgehead atoms. The van der Waals surface area contributed by atoms with E-state index >= 15 is 0 Å². The first-order chi connectivity index (χ1) is 27.4. The van der Waals surface area contributed by atoms with Crippen LogP contribution in [0.4, 0.5) is 17.1 Å². The summed E-state index contributed by atoms with van der Waals surface area (Å²) in [6, 6.07) is 63.8. The SMILES string of the molecule is CC1(C)c2ccccc2-c2ccc(N(c3cccc(-c4ccc(C56CC7CC(CC(C7)C5)C6)cc4)c3)c3ccc(-c4ccccc4)cc3-c3ccccc3)cc21. The van der Waals surface area contributed by atoms with Gasteiger partial charge < -0.3 is 4.90 Å². The van der Waals surface area contributed by atoms with Crippen LogP contribution in [-0.4, -0.2) is 0 Å². The summed E-state index contributed by atoms with van der Waals surface area (Å²) < 4.78 is 0. The van der Waals surface area contributed by atoms with E-state index in [9.17, 15) is 0 Å². The van der Waals surface area contributed by atoms with Gasteiger partial charge >= 0.3 is 0 Å². The second kappa shape index (κ2) is 13.0. The van der Waals surface area contributed by atoms with Crippen molar-refractivity contribution in [1.29, 1.82) is 0 Å². The first-order valence-electron chi connectivity index (χ1n) is 20.9. The lowest BCUT2D eigenvalue weighted by Crippen LogP contribution is -2.48. The van der Waals surface area contributed by atoms with Gasteiger partial charge in [0.15, 0.2) is 0 Å². The van der Waals surface area contributed by atoms with Gasteiger partial charge in [-0.15, -0.1) is 0 Å². The highest BCUT2D eigenvalue weighted by Crippen LogP contribution is 2.61. The monoisotopic (exact) mass is 723 g/mol. The van der Waals surface area contributed by atoms with Crippen molar-refractivity contribution in [2.75, 3.05) is 4.90 Å². The van der Waals surface area contributed by atoms with Gasteiger partial charge in [0.05, 0.1) is 5.69 Å². The van der Waals surface area contributed by atoms with E-state index in [-0.39, 0.29) is 5.41 Å². The number of nitrogens with zero attached hydrogens (tertiary/aromatic N) is 1. The topological polar surface area (TPSA) is 3.24 Å². The molecule has 0 heterocycles. The van der Waals surface area contributed by atoms with Crippen LogP contribution in [0.25, 0.3) is 44.5 Å². The predicted octanol–water partition coefficient (Wildman–Crippen LogP) is 14.9. The lowest BCUT2D eigenvalue weighted by molar-refractivity contribution is -0.00518. The minimum Gasteiger partial charge on any atom is -0.310 e. The minimum absolute atomic E-state index is 0.104. The molecule has 4 saturated carbocycles.